The lowest BCUT2D eigenvalue weighted by Gasteiger charge is -2.11. The highest BCUT2D eigenvalue weighted by Gasteiger charge is 2.17. The van der Waals surface area contributed by atoms with Crippen LogP contribution >= 0.6 is 27.5 Å². The molecule has 8 nitrogen and oxygen atoms in total. The Balaban J connectivity index is 1.42. The summed E-state index contributed by atoms with van der Waals surface area (Å²) in [5.41, 5.74) is 1.28. The van der Waals surface area contributed by atoms with Gasteiger partial charge >= 0.3 is 6.03 Å². The molecule has 0 spiro atoms. The molecule has 10 heteroatoms. The summed E-state index contributed by atoms with van der Waals surface area (Å²) < 4.78 is 6.14. The Morgan fingerprint density at radius 3 is 2.43 bits per heavy atom. The Bertz CT molecular complexity index is 1010. The monoisotopic (exact) mass is 491 g/mol. The summed E-state index contributed by atoms with van der Waals surface area (Å²) in [6.07, 6.45) is 0. The van der Waals surface area contributed by atoms with Crippen molar-refractivity contribution in [3.8, 4) is 11.5 Å². The maximum absolute atomic E-state index is 12.1. The molecule has 156 valence electrons. The number of aromatic nitrogens is 2. The van der Waals surface area contributed by atoms with Crippen molar-refractivity contribution >= 4 is 39.5 Å². The Morgan fingerprint density at radius 2 is 1.73 bits per heavy atom. The lowest BCUT2D eigenvalue weighted by molar-refractivity contribution is 0.0953. The van der Waals surface area contributed by atoms with Gasteiger partial charge in [-0.05, 0) is 55.5 Å². The SMILES string of the molecule is CC(NC(=O)NCCNC(=O)c1ccc(Br)cc1)c1noc(-c2ccc(Cl)cc2)n1. The van der Waals surface area contributed by atoms with Crippen molar-refractivity contribution in [1.82, 2.24) is 26.1 Å². The summed E-state index contributed by atoms with van der Waals surface area (Å²) >= 11 is 9.19. The smallest absolute Gasteiger partial charge is 0.315 e. The van der Waals surface area contributed by atoms with Crippen LogP contribution in [0.4, 0.5) is 4.79 Å². The first kappa shape index (κ1) is 21.8. The van der Waals surface area contributed by atoms with E-state index in [1.807, 2.05) is 0 Å². The van der Waals surface area contributed by atoms with Gasteiger partial charge in [-0.3, -0.25) is 4.79 Å². The quantitative estimate of drug-likeness (QED) is 0.433. The zero-order valence-corrected chi connectivity index (χ0v) is 18.3. The van der Waals surface area contributed by atoms with Crippen molar-refractivity contribution in [2.45, 2.75) is 13.0 Å². The molecule has 0 radical (unpaired) electrons. The van der Waals surface area contributed by atoms with Crippen LogP contribution in [0.2, 0.25) is 5.02 Å². The van der Waals surface area contributed by atoms with Gasteiger partial charge in [0, 0.05) is 33.7 Å². The van der Waals surface area contributed by atoms with Gasteiger partial charge in [0.15, 0.2) is 5.82 Å². The first-order chi connectivity index (χ1) is 14.4. The molecular weight excluding hydrogens is 474 g/mol. The van der Waals surface area contributed by atoms with Gasteiger partial charge in [-0.25, -0.2) is 4.79 Å². The molecule has 0 bridgehead atoms. The maximum atomic E-state index is 12.1. The molecule has 3 rings (SSSR count). The molecule has 3 amide bonds. The average molecular weight is 493 g/mol. The molecule has 30 heavy (non-hydrogen) atoms. The molecule has 1 unspecified atom stereocenters. The summed E-state index contributed by atoms with van der Waals surface area (Å²) in [7, 11) is 0. The Hall–Kier alpha value is -2.91. The van der Waals surface area contributed by atoms with E-state index in [0.29, 0.717) is 28.8 Å². The van der Waals surface area contributed by atoms with Crippen LogP contribution in [0, 0.1) is 0 Å². The molecular formula is C20H19BrClN5O3. The molecule has 1 aromatic heterocycles. The van der Waals surface area contributed by atoms with E-state index in [4.69, 9.17) is 16.1 Å². The van der Waals surface area contributed by atoms with Crippen LogP contribution in [0.15, 0.2) is 57.5 Å². The number of carbonyl (C=O) groups is 2. The fourth-order valence-electron chi connectivity index (χ4n) is 2.49. The van der Waals surface area contributed by atoms with Crippen molar-refractivity contribution in [2.24, 2.45) is 0 Å². The van der Waals surface area contributed by atoms with E-state index in [1.165, 1.54) is 0 Å². The van der Waals surface area contributed by atoms with Gasteiger partial charge < -0.3 is 20.5 Å². The van der Waals surface area contributed by atoms with E-state index in [9.17, 15) is 9.59 Å². The normalized spacial score (nSPS) is 11.6. The minimum atomic E-state index is -0.466. The molecule has 2 aromatic carbocycles. The number of urea groups is 1. The maximum Gasteiger partial charge on any atom is 0.315 e. The predicted molar refractivity (Wildman–Crippen MR) is 116 cm³/mol. The number of benzene rings is 2. The largest absolute Gasteiger partial charge is 0.350 e. The van der Waals surface area contributed by atoms with Gasteiger partial charge in [-0.2, -0.15) is 4.98 Å². The second kappa shape index (κ2) is 10.2. The zero-order chi connectivity index (χ0) is 21.5. The second-order valence-corrected chi connectivity index (χ2v) is 7.70. The molecule has 0 aliphatic carbocycles. The Morgan fingerprint density at radius 1 is 1.07 bits per heavy atom. The number of nitrogens with one attached hydrogen (secondary N) is 3. The minimum absolute atomic E-state index is 0.209. The van der Waals surface area contributed by atoms with Crippen LogP contribution < -0.4 is 16.0 Å². The molecule has 0 aliphatic rings. The molecule has 0 saturated heterocycles. The molecule has 0 fully saturated rings. The van der Waals surface area contributed by atoms with Gasteiger partial charge in [0.05, 0.1) is 6.04 Å². The molecule has 3 N–H and O–H groups in total. The van der Waals surface area contributed by atoms with E-state index in [2.05, 4.69) is 42.0 Å². The first-order valence-corrected chi connectivity index (χ1v) is 10.3. The number of halogens is 2. The first-order valence-electron chi connectivity index (χ1n) is 9.10. The molecule has 0 saturated carbocycles. The van der Waals surface area contributed by atoms with Crippen LogP contribution in [0.5, 0.6) is 0 Å². The highest BCUT2D eigenvalue weighted by molar-refractivity contribution is 9.10. The number of amides is 3. The number of carbonyl (C=O) groups excluding carboxylic acids is 2. The topological polar surface area (TPSA) is 109 Å². The second-order valence-electron chi connectivity index (χ2n) is 6.35. The minimum Gasteiger partial charge on any atom is -0.350 e. The van der Waals surface area contributed by atoms with Crippen LogP contribution in [-0.4, -0.2) is 35.2 Å². The summed E-state index contributed by atoms with van der Waals surface area (Å²) in [6.45, 7) is 2.30. The van der Waals surface area contributed by atoms with Crippen LogP contribution in [0.3, 0.4) is 0 Å². The fraction of sp³-hybridized carbons (Fsp3) is 0.200. The van der Waals surface area contributed by atoms with Gasteiger partial charge in [0.2, 0.25) is 0 Å². The van der Waals surface area contributed by atoms with Gasteiger partial charge in [-0.15, -0.1) is 0 Å². The van der Waals surface area contributed by atoms with Crippen molar-refractivity contribution < 1.29 is 14.1 Å². The fourth-order valence-corrected chi connectivity index (χ4v) is 2.88. The van der Waals surface area contributed by atoms with E-state index in [1.54, 1.807) is 55.5 Å². The molecule has 0 aliphatic heterocycles. The molecule has 3 aromatic rings. The van der Waals surface area contributed by atoms with Crippen LogP contribution in [0.1, 0.15) is 29.1 Å². The van der Waals surface area contributed by atoms with Gasteiger partial charge in [-0.1, -0.05) is 32.7 Å². The number of hydrogen-bond donors (Lipinski definition) is 3. The van der Waals surface area contributed by atoms with E-state index < -0.39 is 12.1 Å². The van der Waals surface area contributed by atoms with Crippen molar-refractivity contribution in [1.29, 1.82) is 0 Å². The summed E-state index contributed by atoms with van der Waals surface area (Å²) in [5.74, 6) is 0.477. The van der Waals surface area contributed by atoms with Crippen molar-refractivity contribution in [3.05, 3.63) is 69.4 Å². The third-order valence-electron chi connectivity index (χ3n) is 4.07. The van der Waals surface area contributed by atoms with Gasteiger partial charge in [0.25, 0.3) is 11.8 Å². The Labute approximate surface area is 186 Å². The third-order valence-corrected chi connectivity index (χ3v) is 4.85. The standard InChI is InChI=1S/C20H19BrClN5O3/c1-12(17-26-19(30-27-17)14-4-8-16(22)9-5-14)25-20(29)24-11-10-23-18(28)13-2-6-15(21)7-3-13/h2-9,12H,10-11H2,1H3,(H,23,28)(H2,24,25,29). The van der Waals surface area contributed by atoms with E-state index in [-0.39, 0.29) is 12.5 Å². The van der Waals surface area contributed by atoms with Crippen molar-refractivity contribution in [3.63, 3.8) is 0 Å². The van der Waals surface area contributed by atoms with E-state index in [0.717, 1.165) is 10.0 Å². The summed E-state index contributed by atoms with van der Waals surface area (Å²) in [6, 6.07) is 13.1. The Kier molecular flexibility index (Phi) is 7.42. The van der Waals surface area contributed by atoms with E-state index >= 15 is 0 Å². The zero-order valence-electron chi connectivity index (χ0n) is 16.0. The lowest BCUT2D eigenvalue weighted by Crippen LogP contribution is -2.41. The number of rotatable bonds is 7. The predicted octanol–water partition coefficient (Wildman–Crippen LogP) is 3.94. The van der Waals surface area contributed by atoms with Crippen LogP contribution in [0.25, 0.3) is 11.5 Å². The summed E-state index contributed by atoms with van der Waals surface area (Å²) in [5, 5.41) is 12.6. The van der Waals surface area contributed by atoms with Crippen LogP contribution in [-0.2, 0) is 0 Å². The number of hydrogen-bond acceptors (Lipinski definition) is 5. The lowest BCUT2D eigenvalue weighted by atomic mass is 10.2. The average Bonchev–Trinajstić information content (AvgIpc) is 3.22. The van der Waals surface area contributed by atoms with Crippen molar-refractivity contribution in [2.75, 3.05) is 13.1 Å². The van der Waals surface area contributed by atoms with Gasteiger partial charge in [0.1, 0.15) is 0 Å². The highest BCUT2D eigenvalue weighted by Crippen LogP contribution is 2.21. The highest BCUT2D eigenvalue weighted by atomic mass is 79.9. The molecule has 1 heterocycles. The number of nitrogens with zero attached hydrogens (tertiary/aromatic N) is 2. The summed E-state index contributed by atoms with van der Waals surface area (Å²) in [4.78, 5) is 28.4. The third kappa shape index (κ3) is 6.04. The molecule has 1 atom stereocenters.